The zero-order valence-electron chi connectivity index (χ0n) is 26.9. The molecule has 0 radical (unpaired) electrons. The Labute approximate surface area is 273 Å². The van der Waals surface area contributed by atoms with Gasteiger partial charge in [0.1, 0.15) is 36.1 Å². The maximum atomic E-state index is 14.5. The van der Waals surface area contributed by atoms with E-state index in [1.54, 1.807) is 25.1 Å². The van der Waals surface area contributed by atoms with Gasteiger partial charge < -0.3 is 30.3 Å². The molecule has 10 heteroatoms. The van der Waals surface area contributed by atoms with E-state index in [1.165, 1.54) is 0 Å². The average molecular weight is 638 g/mol. The SMILES string of the molecule is CN(C)c1ccc(OCc2ccccc2)c2c1C[C@H]1C[C@H]3C(N(C)C)C(OCc4ccccc4)=C(C(N)=O)C(=O)[C@@]3(O)C(O)=C1C2=O. The summed E-state index contributed by atoms with van der Waals surface area (Å²) in [5.74, 6) is -4.58. The predicted octanol–water partition coefficient (Wildman–Crippen LogP) is 3.72. The first-order valence-corrected chi connectivity index (χ1v) is 15.6. The average Bonchev–Trinajstić information content (AvgIpc) is 3.04. The number of ketones is 2. The number of likely N-dealkylation sites (N-methyl/N-ethyl adjacent to an activating group) is 1. The predicted molar refractivity (Wildman–Crippen MR) is 176 cm³/mol. The minimum absolute atomic E-state index is 0.0374. The molecule has 0 aromatic heterocycles. The van der Waals surface area contributed by atoms with Gasteiger partial charge in [-0.2, -0.15) is 0 Å². The number of hydrogen-bond donors (Lipinski definition) is 3. The lowest BCUT2D eigenvalue weighted by molar-refractivity contribution is -0.149. The standard InChI is InChI=1S/C37H39N3O7/c1-39(2)26-15-16-27(46-19-21-11-7-5-8-12-21)29-24(26)17-23-18-25-31(40(3)4)33(47-20-22-13-9-6-10-14-22)30(36(38)44)35(43)37(25,45)34(42)28(23)32(29)41/h5-16,23,25,31,42,45H,17-20H2,1-4H3,(H2,38,44)/t23-,25-,31?,37-/m0/s1. The lowest BCUT2D eigenvalue weighted by atomic mass is 9.58. The highest BCUT2D eigenvalue weighted by molar-refractivity contribution is 6.25. The van der Waals surface area contributed by atoms with Gasteiger partial charge in [0.2, 0.25) is 5.78 Å². The van der Waals surface area contributed by atoms with Crippen molar-refractivity contribution >= 4 is 23.2 Å². The van der Waals surface area contributed by atoms with E-state index in [-0.39, 0.29) is 36.5 Å². The van der Waals surface area contributed by atoms with Crippen molar-refractivity contribution in [3.63, 3.8) is 0 Å². The molecule has 0 heterocycles. The van der Waals surface area contributed by atoms with Gasteiger partial charge in [0.15, 0.2) is 11.4 Å². The molecule has 244 valence electrons. The number of aliphatic hydroxyl groups is 2. The van der Waals surface area contributed by atoms with Crippen molar-refractivity contribution in [1.29, 1.82) is 0 Å². The van der Waals surface area contributed by atoms with Crippen LogP contribution in [0.1, 0.15) is 33.5 Å². The Hall–Kier alpha value is -4.93. The lowest BCUT2D eigenvalue weighted by Gasteiger charge is -2.51. The summed E-state index contributed by atoms with van der Waals surface area (Å²) in [5.41, 5.74) is 6.17. The van der Waals surface area contributed by atoms with E-state index in [0.717, 1.165) is 22.4 Å². The first-order chi connectivity index (χ1) is 22.4. The molecule has 0 saturated carbocycles. The summed E-state index contributed by atoms with van der Waals surface area (Å²) in [6.45, 7) is 0.264. The van der Waals surface area contributed by atoms with Crippen LogP contribution in [0.15, 0.2) is 95.5 Å². The fraction of sp³-hybridized carbons (Fsp3) is 0.324. The summed E-state index contributed by atoms with van der Waals surface area (Å²) in [4.78, 5) is 45.2. The molecule has 47 heavy (non-hydrogen) atoms. The van der Waals surface area contributed by atoms with Crippen LogP contribution in [0.5, 0.6) is 5.75 Å². The molecule has 4 N–H and O–H groups in total. The number of hydrogen-bond acceptors (Lipinski definition) is 9. The molecule has 3 aliphatic carbocycles. The van der Waals surface area contributed by atoms with Crippen LogP contribution in [0.2, 0.25) is 0 Å². The molecule has 0 saturated heterocycles. The van der Waals surface area contributed by atoms with E-state index in [1.807, 2.05) is 85.7 Å². The second kappa shape index (κ2) is 12.4. The number of rotatable bonds is 9. The van der Waals surface area contributed by atoms with E-state index in [2.05, 4.69) is 0 Å². The van der Waals surface area contributed by atoms with Gasteiger partial charge in [-0.25, -0.2) is 0 Å². The molecule has 3 aliphatic rings. The topological polar surface area (TPSA) is 143 Å². The first-order valence-electron chi connectivity index (χ1n) is 15.6. The molecule has 0 spiro atoms. The number of aliphatic hydroxyl groups excluding tert-OH is 1. The normalized spacial score (nSPS) is 23.7. The molecular formula is C37H39N3O7. The Morgan fingerprint density at radius 2 is 1.51 bits per heavy atom. The fourth-order valence-electron chi connectivity index (χ4n) is 7.36. The molecule has 4 atom stereocenters. The van der Waals surface area contributed by atoms with E-state index in [9.17, 15) is 24.6 Å². The number of carbonyl (C=O) groups is 3. The van der Waals surface area contributed by atoms with Crippen LogP contribution in [0.4, 0.5) is 5.69 Å². The highest BCUT2D eigenvalue weighted by Crippen LogP contribution is 2.53. The Balaban J connectivity index is 1.46. The number of amides is 1. The van der Waals surface area contributed by atoms with Gasteiger partial charge in [0.05, 0.1) is 11.6 Å². The summed E-state index contributed by atoms with van der Waals surface area (Å²) < 4.78 is 12.4. The van der Waals surface area contributed by atoms with Gasteiger partial charge in [0, 0.05) is 31.3 Å². The third-order valence-electron chi connectivity index (χ3n) is 9.50. The molecule has 3 aromatic rings. The van der Waals surface area contributed by atoms with Crippen molar-refractivity contribution < 1.29 is 34.1 Å². The number of Topliss-reactive ketones (excluding diaryl/α,β-unsaturated/α-hetero) is 2. The minimum atomic E-state index is -2.58. The Morgan fingerprint density at radius 1 is 0.915 bits per heavy atom. The first kappa shape index (κ1) is 32.0. The molecule has 0 fully saturated rings. The van der Waals surface area contributed by atoms with Crippen molar-refractivity contribution in [2.75, 3.05) is 33.1 Å². The highest BCUT2D eigenvalue weighted by atomic mass is 16.5. The number of carbonyl (C=O) groups excluding carboxylic acids is 3. The Kier molecular flexibility index (Phi) is 8.42. The maximum Gasteiger partial charge on any atom is 0.255 e. The Morgan fingerprint density at radius 3 is 2.06 bits per heavy atom. The van der Waals surface area contributed by atoms with E-state index < -0.39 is 52.3 Å². The molecule has 0 aliphatic heterocycles. The van der Waals surface area contributed by atoms with Crippen LogP contribution in [-0.4, -0.2) is 72.4 Å². The van der Waals surface area contributed by atoms with Crippen molar-refractivity contribution in [3.05, 3.63) is 118 Å². The largest absolute Gasteiger partial charge is 0.508 e. The number of nitrogens with two attached hydrogens (primary N) is 1. The number of fused-ring (bicyclic) bond motifs is 3. The summed E-state index contributed by atoms with van der Waals surface area (Å²) in [6.07, 6.45) is 0.506. The summed E-state index contributed by atoms with van der Waals surface area (Å²) in [5, 5.41) is 24.2. The summed E-state index contributed by atoms with van der Waals surface area (Å²) in [7, 11) is 7.26. The molecule has 1 unspecified atom stereocenters. The summed E-state index contributed by atoms with van der Waals surface area (Å²) in [6, 6.07) is 21.6. The van der Waals surface area contributed by atoms with Crippen LogP contribution in [0.3, 0.4) is 0 Å². The maximum absolute atomic E-state index is 14.5. The third kappa shape index (κ3) is 5.37. The summed E-state index contributed by atoms with van der Waals surface area (Å²) >= 11 is 0. The molecule has 0 bridgehead atoms. The van der Waals surface area contributed by atoms with Crippen molar-refractivity contribution in [1.82, 2.24) is 4.90 Å². The van der Waals surface area contributed by atoms with E-state index in [4.69, 9.17) is 15.2 Å². The van der Waals surface area contributed by atoms with Crippen LogP contribution >= 0.6 is 0 Å². The number of nitrogens with zero attached hydrogens (tertiary/aromatic N) is 2. The monoisotopic (exact) mass is 637 g/mol. The van der Waals surface area contributed by atoms with Gasteiger partial charge in [-0.15, -0.1) is 0 Å². The molecule has 10 nitrogen and oxygen atoms in total. The second-order valence-corrected chi connectivity index (χ2v) is 12.8. The van der Waals surface area contributed by atoms with Crippen molar-refractivity contribution in [3.8, 4) is 5.75 Å². The molecular weight excluding hydrogens is 598 g/mol. The van der Waals surface area contributed by atoms with E-state index >= 15 is 0 Å². The van der Waals surface area contributed by atoms with Crippen LogP contribution in [0, 0.1) is 11.8 Å². The number of benzene rings is 3. The Bertz CT molecular complexity index is 1800. The number of allylic oxidation sites excluding steroid dienone is 1. The van der Waals surface area contributed by atoms with Crippen LogP contribution in [-0.2, 0) is 34.0 Å². The second-order valence-electron chi connectivity index (χ2n) is 12.8. The zero-order valence-corrected chi connectivity index (χ0v) is 26.9. The van der Waals surface area contributed by atoms with Crippen molar-refractivity contribution in [2.45, 2.75) is 37.7 Å². The lowest BCUT2D eigenvalue weighted by Crippen LogP contribution is -2.64. The quantitative estimate of drug-likeness (QED) is 0.299. The van der Waals surface area contributed by atoms with Gasteiger partial charge in [0.25, 0.3) is 5.91 Å². The van der Waals surface area contributed by atoms with E-state index in [0.29, 0.717) is 12.2 Å². The molecule has 3 aromatic carbocycles. The van der Waals surface area contributed by atoms with Gasteiger partial charge in [-0.3, -0.25) is 19.3 Å². The molecule has 1 amide bonds. The van der Waals surface area contributed by atoms with Crippen LogP contribution in [0.25, 0.3) is 0 Å². The van der Waals surface area contributed by atoms with Gasteiger partial charge in [-0.1, -0.05) is 60.7 Å². The highest BCUT2D eigenvalue weighted by Gasteiger charge is 2.63. The zero-order chi connectivity index (χ0) is 33.6. The van der Waals surface area contributed by atoms with Crippen LogP contribution < -0.4 is 15.4 Å². The number of ether oxygens (including phenoxy) is 2. The van der Waals surface area contributed by atoms with Gasteiger partial charge in [-0.05, 0) is 61.7 Å². The minimum Gasteiger partial charge on any atom is -0.508 e. The fourth-order valence-corrected chi connectivity index (χ4v) is 7.36. The number of primary amides is 1. The van der Waals surface area contributed by atoms with Gasteiger partial charge >= 0.3 is 0 Å². The third-order valence-corrected chi connectivity index (χ3v) is 9.50. The number of anilines is 1. The smallest absolute Gasteiger partial charge is 0.255 e. The van der Waals surface area contributed by atoms with Crippen molar-refractivity contribution in [2.24, 2.45) is 17.6 Å². The molecule has 6 rings (SSSR count).